The van der Waals surface area contributed by atoms with Crippen molar-refractivity contribution in [2.75, 3.05) is 37.1 Å². The number of fused-ring (bicyclic) bond motifs is 1. The second-order valence-corrected chi connectivity index (χ2v) is 8.78. The Kier molecular flexibility index (Phi) is 4.62. The van der Waals surface area contributed by atoms with Gasteiger partial charge in [-0.3, -0.25) is 14.0 Å². The Morgan fingerprint density at radius 2 is 2.12 bits per heavy atom. The van der Waals surface area contributed by atoms with E-state index in [2.05, 4.69) is 9.88 Å². The summed E-state index contributed by atoms with van der Waals surface area (Å²) in [6.07, 6.45) is 5.02. The van der Waals surface area contributed by atoms with E-state index in [-0.39, 0.29) is 5.75 Å². The zero-order chi connectivity index (χ0) is 17.3. The molecule has 130 valence electrons. The third kappa shape index (κ3) is 3.61. The van der Waals surface area contributed by atoms with Gasteiger partial charge in [0.2, 0.25) is 0 Å². The molecule has 1 aromatic heterocycles. The standard InChI is InChI=1S/C17H22FN3O2S/c1-23-17-10-15-13(9-14(17)18)16(3-6-20-15)21-7-4-12(5-8-21)11-24(2,19)22/h3,6,9-10,12,19H,4-5,7-8,11H2,1-2H3. The number of methoxy groups -OCH3 is 1. The van der Waals surface area contributed by atoms with Gasteiger partial charge in [-0.15, -0.1) is 0 Å². The third-order valence-electron chi connectivity index (χ3n) is 4.50. The van der Waals surface area contributed by atoms with Crippen molar-refractivity contribution in [3.8, 4) is 5.75 Å². The molecule has 1 N–H and O–H groups in total. The number of anilines is 1. The zero-order valence-corrected chi connectivity index (χ0v) is 14.7. The van der Waals surface area contributed by atoms with Gasteiger partial charge in [0, 0.05) is 58.2 Å². The van der Waals surface area contributed by atoms with Crippen LogP contribution in [0.15, 0.2) is 24.4 Å². The highest BCUT2D eigenvalue weighted by atomic mass is 32.2. The van der Waals surface area contributed by atoms with E-state index in [0.29, 0.717) is 17.2 Å². The van der Waals surface area contributed by atoms with E-state index < -0.39 is 15.5 Å². The van der Waals surface area contributed by atoms with Crippen LogP contribution in [-0.4, -0.2) is 41.4 Å². The first-order valence-corrected chi connectivity index (χ1v) is 10.1. The summed E-state index contributed by atoms with van der Waals surface area (Å²) in [6.45, 7) is 1.62. The molecule has 1 atom stereocenters. The molecule has 0 aliphatic carbocycles. The van der Waals surface area contributed by atoms with E-state index in [1.165, 1.54) is 19.4 Å². The summed E-state index contributed by atoms with van der Waals surface area (Å²) in [5.41, 5.74) is 1.67. The first-order chi connectivity index (χ1) is 11.4. The van der Waals surface area contributed by atoms with Gasteiger partial charge in [0.1, 0.15) is 0 Å². The molecular formula is C17H22FN3O2S. The topological polar surface area (TPSA) is 66.3 Å². The number of hydrogen-bond acceptors (Lipinski definition) is 5. The van der Waals surface area contributed by atoms with Gasteiger partial charge in [-0.05, 0) is 30.9 Å². The lowest BCUT2D eigenvalue weighted by Crippen LogP contribution is -2.35. The molecular weight excluding hydrogens is 329 g/mol. The van der Waals surface area contributed by atoms with Crippen LogP contribution in [0.25, 0.3) is 10.9 Å². The highest BCUT2D eigenvalue weighted by Gasteiger charge is 2.23. The van der Waals surface area contributed by atoms with Crippen molar-refractivity contribution in [2.24, 2.45) is 5.92 Å². The molecule has 0 amide bonds. The summed E-state index contributed by atoms with van der Waals surface area (Å²) in [5.74, 6) is 0.582. The van der Waals surface area contributed by atoms with Gasteiger partial charge in [-0.25, -0.2) is 4.39 Å². The third-order valence-corrected chi connectivity index (χ3v) is 5.61. The van der Waals surface area contributed by atoms with Crippen molar-refractivity contribution in [1.82, 2.24) is 4.98 Å². The summed E-state index contributed by atoms with van der Waals surface area (Å²) in [6, 6.07) is 5.00. The maximum atomic E-state index is 14.1. The molecule has 1 aromatic carbocycles. The molecule has 1 aliphatic rings. The number of nitrogens with one attached hydrogen (secondary N) is 1. The molecule has 0 bridgehead atoms. The van der Waals surface area contributed by atoms with Gasteiger partial charge in [0.25, 0.3) is 0 Å². The maximum absolute atomic E-state index is 14.1. The Hall–Kier alpha value is -1.89. The molecule has 1 saturated heterocycles. The fourth-order valence-corrected chi connectivity index (χ4v) is 4.59. The number of rotatable bonds is 4. The lowest BCUT2D eigenvalue weighted by atomic mass is 9.98. The fraction of sp³-hybridized carbons (Fsp3) is 0.471. The van der Waals surface area contributed by atoms with Crippen LogP contribution in [0.1, 0.15) is 12.8 Å². The monoisotopic (exact) mass is 351 g/mol. The van der Waals surface area contributed by atoms with Crippen LogP contribution < -0.4 is 9.64 Å². The largest absolute Gasteiger partial charge is 0.494 e. The van der Waals surface area contributed by atoms with E-state index in [0.717, 1.165) is 37.0 Å². The SMILES string of the molecule is COc1cc2nccc(N3CCC(CS(C)(=N)=O)CC3)c2cc1F. The second kappa shape index (κ2) is 6.55. The van der Waals surface area contributed by atoms with E-state index in [1.807, 2.05) is 6.07 Å². The Balaban J connectivity index is 1.84. The maximum Gasteiger partial charge on any atom is 0.165 e. The number of nitrogens with zero attached hydrogens (tertiary/aromatic N) is 2. The van der Waals surface area contributed by atoms with Gasteiger partial charge in [0.15, 0.2) is 11.6 Å². The number of pyridine rings is 1. The predicted octanol–water partition coefficient (Wildman–Crippen LogP) is 3.28. The molecule has 5 nitrogen and oxygen atoms in total. The van der Waals surface area contributed by atoms with Crippen molar-refractivity contribution in [3.05, 3.63) is 30.2 Å². The molecule has 0 saturated carbocycles. The minimum Gasteiger partial charge on any atom is -0.494 e. The van der Waals surface area contributed by atoms with Gasteiger partial charge >= 0.3 is 0 Å². The first-order valence-electron chi connectivity index (χ1n) is 7.96. The predicted molar refractivity (Wildman–Crippen MR) is 94.8 cm³/mol. The molecule has 1 fully saturated rings. The molecule has 2 heterocycles. The molecule has 3 rings (SSSR count). The van der Waals surface area contributed by atoms with E-state index in [1.54, 1.807) is 12.3 Å². The summed E-state index contributed by atoms with van der Waals surface area (Å²) in [5, 5.41) is 0.772. The normalized spacial score (nSPS) is 18.5. The second-order valence-electron chi connectivity index (χ2n) is 6.44. The first kappa shape index (κ1) is 17.0. The number of benzene rings is 1. The number of ether oxygens (including phenoxy) is 1. The van der Waals surface area contributed by atoms with E-state index in [4.69, 9.17) is 9.52 Å². The van der Waals surface area contributed by atoms with Gasteiger partial charge in [-0.2, -0.15) is 0 Å². The van der Waals surface area contributed by atoms with Crippen molar-refractivity contribution < 1.29 is 13.3 Å². The van der Waals surface area contributed by atoms with Crippen molar-refractivity contribution in [2.45, 2.75) is 12.8 Å². The highest BCUT2D eigenvalue weighted by molar-refractivity contribution is 7.91. The fourth-order valence-electron chi connectivity index (χ4n) is 3.36. The summed E-state index contributed by atoms with van der Waals surface area (Å²) < 4.78 is 38.4. The smallest absolute Gasteiger partial charge is 0.165 e. The van der Waals surface area contributed by atoms with Crippen molar-refractivity contribution >= 4 is 26.3 Å². The Labute approximate surface area is 141 Å². The van der Waals surface area contributed by atoms with Gasteiger partial charge in [0.05, 0.1) is 12.6 Å². The van der Waals surface area contributed by atoms with Crippen LogP contribution >= 0.6 is 0 Å². The summed E-state index contributed by atoms with van der Waals surface area (Å²) in [4.78, 5) is 6.53. The van der Waals surface area contributed by atoms with E-state index >= 15 is 0 Å². The van der Waals surface area contributed by atoms with Gasteiger partial charge in [-0.1, -0.05) is 0 Å². The van der Waals surface area contributed by atoms with Crippen molar-refractivity contribution in [1.29, 1.82) is 4.78 Å². The van der Waals surface area contributed by atoms with Crippen LogP contribution in [0, 0.1) is 16.5 Å². The van der Waals surface area contributed by atoms with Crippen molar-refractivity contribution in [3.63, 3.8) is 0 Å². The van der Waals surface area contributed by atoms with Gasteiger partial charge < -0.3 is 9.64 Å². The summed E-state index contributed by atoms with van der Waals surface area (Å²) >= 11 is 0. The van der Waals surface area contributed by atoms with Crippen LogP contribution in [0.5, 0.6) is 5.75 Å². The van der Waals surface area contributed by atoms with Crippen LogP contribution in [0.3, 0.4) is 0 Å². The van der Waals surface area contributed by atoms with Crippen LogP contribution in [-0.2, 0) is 9.73 Å². The quantitative estimate of drug-likeness (QED) is 0.918. The minimum absolute atomic E-state index is 0.194. The average molecular weight is 351 g/mol. The van der Waals surface area contributed by atoms with Crippen LogP contribution in [0.4, 0.5) is 10.1 Å². The molecule has 24 heavy (non-hydrogen) atoms. The molecule has 1 aliphatic heterocycles. The minimum atomic E-state index is -2.45. The van der Waals surface area contributed by atoms with Crippen LogP contribution in [0.2, 0.25) is 0 Å². The Morgan fingerprint density at radius 3 is 2.75 bits per heavy atom. The lowest BCUT2D eigenvalue weighted by molar-refractivity contribution is 0.387. The highest BCUT2D eigenvalue weighted by Crippen LogP contribution is 2.32. The van der Waals surface area contributed by atoms with E-state index in [9.17, 15) is 8.60 Å². The molecule has 2 aromatic rings. The Morgan fingerprint density at radius 1 is 1.42 bits per heavy atom. The average Bonchev–Trinajstić information content (AvgIpc) is 2.53. The molecule has 0 radical (unpaired) electrons. The molecule has 1 unspecified atom stereocenters. The number of piperidine rings is 1. The molecule has 7 heteroatoms. The number of halogens is 1. The summed E-state index contributed by atoms with van der Waals surface area (Å²) in [7, 11) is -1.00. The number of aromatic nitrogens is 1. The zero-order valence-electron chi connectivity index (χ0n) is 13.9. The Bertz CT molecular complexity index is 846. The lowest BCUT2D eigenvalue weighted by Gasteiger charge is -2.34. The number of hydrogen-bond donors (Lipinski definition) is 1. The molecule has 0 spiro atoms.